The number of nitrogens with zero attached hydrogens (tertiary/aromatic N) is 1. The fourth-order valence-corrected chi connectivity index (χ4v) is 2.08. The van der Waals surface area contributed by atoms with E-state index >= 15 is 0 Å². The van der Waals surface area contributed by atoms with Crippen LogP contribution in [0.3, 0.4) is 0 Å². The third-order valence-corrected chi connectivity index (χ3v) is 3.38. The minimum atomic E-state index is 0.648. The monoisotopic (exact) mass is 306 g/mol. The lowest BCUT2D eigenvalue weighted by atomic mass is 10.2. The molecule has 0 unspecified atom stereocenters. The molecule has 0 aliphatic rings. The minimum absolute atomic E-state index is 0.648. The first-order valence-corrected chi connectivity index (χ1v) is 6.52. The van der Waals surface area contributed by atoms with Crippen molar-refractivity contribution >= 4 is 15.9 Å². The first kappa shape index (κ1) is 13.1. The highest BCUT2D eigenvalue weighted by Gasteiger charge is 1.99. The van der Waals surface area contributed by atoms with Gasteiger partial charge in [-0.2, -0.15) is 0 Å². The standard InChI is InChI=1S/C14H15BrN2O/c1-18-14-8-11(6-7-17-14)9-16-10-12-4-2-3-5-13(12)15/h2-8,16H,9-10H2,1H3. The number of pyridine rings is 1. The summed E-state index contributed by atoms with van der Waals surface area (Å²) < 4.78 is 6.22. The van der Waals surface area contributed by atoms with E-state index < -0.39 is 0 Å². The second-order valence-corrected chi connectivity index (χ2v) is 4.76. The molecule has 2 rings (SSSR count). The van der Waals surface area contributed by atoms with Crippen LogP contribution >= 0.6 is 15.9 Å². The van der Waals surface area contributed by atoms with Crippen molar-refractivity contribution in [3.05, 3.63) is 58.2 Å². The molecule has 0 saturated carbocycles. The molecular weight excluding hydrogens is 292 g/mol. The van der Waals surface area contributed by atoms with Crippen LogP contribution in [0.4, 0.5) is 0 Å². The van der Waals surface area contributed by atoms with Gasteiger partial charge in [0.15, 0.2) is 0 Å². The Bertz CT molecular complexity index is 517. The number of benzene rings is 1. The third-order valence-electron chi connectivity index (χ3n) is 2.61. The molecule has 18 heavy (non-hydrogen) atoms. The Morgan fingerprint density at radius 2 is 2.06 bits per heavy atom. The van der Waals surface area contributed by atoms with Crippen molar-refractivity contribution in [3.8, 4) is 5.88 Å². The number of hydrogen-bond donors (Lipinski definition) is 1. The van der Waals surface area contributed by atoms with Crippen LogP contribution < -0.4 is 10.1 Å². The smallest absolute Gasteiger partial charge is 0.213 e. The van der Waals surface area contributed by atoms with E-state index in [1.54, 1.807) is 13.3 Å². The SMILES string of the molecule is COc1cc(CNCc2ccccc2Br)ccn1. The van der Waals surface area contributed by atoms with Crippen molar-refractivity contribution in [3.63, 3.8) is 0 Å². The van der Waals surface area contributed by atoms with Crippen LogP contribution in [0.5, 0.6) is 5.88 Å². The summed E-state index contributed by atoms with van der Waals surface area (Å²) in [7, 11) is 1.63. The van der Waals surface area contributed by atoms with Gasteiger partial charge in [-0.05, 0) is 23.3 Å². The van der Waals surface area contributed by atoms with Gasteiger partial charge in [-0.25, -0.2) is 4.98 Å². The number of halogens is 1. The molecule has 2 aromatic rings. The largest absolute Gasteiger partial charge is 0.481 e. The van der Waals surface area contributed by atoms with Gasteiger partial charge in [-0.1, -0.05) is 34.1 Å². The van der Waals surface area contributed by atoms with E-state index in [1.165, 1.54) is 5.56 Å². The van der Waals surface area contributed by atoms with E-state index in [4.69, 9.17) is 4.74 Å². The average molecular weight is 307 g/mol. The fraction of sp³-hybridized carbons (Fsp3) is 0.214. The molecule has 94 valence electrons. The van der Waals surface area contributed by atoms with Crippen LogP contribution in [-0.2, 0) is 13.1 Å². The fourth-order valence-electron chi connectivity index (χ4n) is 1.66. The zero-order valence-corrected chi connectivity index (χ0v) is 11.8. The van der Waals surface area contributed by atoms with E-state index in [0.29, 0.717) is 5.88 Å². The summed E-state index contributed by atoms with van der Waals surface area (Å²) in [6, 6.07) is 12.1. The molecule has 0 aliphatic carbocycles. The first-order chi connectivity index (χ1) is 8.79. The molecule has 0 fully saturated rings. The lowest BCUT2D eigenvalue weighted by Crippen LogP contribution is -2.13. The third kappa shape index (κ3) is 3.55. The van der Waals surface area contributed by atoms with Gasteiger partial charge in [-0.15, -0.1) is 0 Å². The van der Waals surface area contributed by atoms with E-state index in [-0.39, 0.29) is 0 Å². The van der Waals surface area contributed by atoms with Gasteiger partial charge in [-0.3, -0.25) is 0 Å². The molecule has 0 atom stereocenters. The zero-order chi connectivity index (χ0) is 12.8. The highest BCUT2D eigenvalue weighted by molar-refractivity contribution is 9.10. The molecule has 0 radical (unpaired) electrons. The summed E-state index contributed by atoms with van der Waals surface area (Å²) in [5.74, 6) is 0.648. The van der Waals surface area contributed by atoms with Crippen molar-refractivity contribution in [2.75, 3.05) is 7.11 Å². The predicted molar refractivity (Wildman–Crippen MR) is 75.5 cm³/mol. The summed E-state index contributed by atoms with van der Waals surface area (Å²) in [6.07, 6.45) is 1.76. The minimum Gasteiger partial charge on any atom is -0.481 e. The number of rotatable bonds is 5. The van der Waals surface area contributed by atoms with Crippen molar-refractivity contribution in [1.29, 1.82) is 0 Å². The normalized spacial score (nSPS) is 10.3. The lowest BCUT2D eigenvalue weighted by Gasteiger charge is -2.07. The van der Waals surface area contributed by atoms with Gasteiger partial charge in [0.1, 0.15) is 0 Å². The van der Waals surface area contributed by atoms with Crippen LogP contribution in [0.25, 0.3) is 0 Å². The molecular formula is C14H15BrN2O. The molecule has 1 N–H and O–H groups in total. The number of nitrogens with one attached hydrogen (secondary N) is 1. The highest BCUT2D eigenvalue weighted by atomic mass is 79.9. The van der Waals surface area contributed by atoms with Crippen LogP contribution in [0.2, 0.25) is 0 Å². The van der Waals surface area contributed by atoms with E-state index in [1.807, 2.05) is 30.3 Å². The van der Waals surface area contributed by atoms with Crippen molar-refractivity contribution < 1.29 is 4.74 Å². The van der Waals surface area contributed by atoms with Crippen LogP contribution in [0.15, 0.2) is 47.1 Å². The van der Waals surface area contributed by atoms with Crippen LogP contribution in [0, 0.1) is 0 Å². The molecule has 1 heterocycles. The Morgan fingerprint density at radius 1 is 1.22 bits per heavy atom. The molecule has 0 amide bonds. The zero-order valence-electron chi connectivity index (χ0n) is 10.2. The molecule has 0 saturated heterocycles. The van der Waals surface area contributed by atoms with Crippen molar-refractivity contribution in [1.82, 2.24) is 10.3 Å². The van der Waals surface area contributed by atoms with Crippen LogP contribution in [-0.4, -0.2) is 12.1 Å². The Balaban J connectivity index is 1.90. The average Bonchev–Trinajstić information content (AvgIpc) is 2.41. The number of aromatic nitrogens is 1. The van der Waals surface area contributed by atoms with Gasteiger partial charge < -0.3 is 10.1 Å². The Morgan fingerprint density at radius 3 is 2.83 bits per heavy atom. The maximum atomic E-state index is 5.09. The summed E-state index contributed by atoms with van der Waals surface area (Å²) >= 11 is 3.54. The van der Waals surface area contributed by atoms with Crippen LogP contribution in [0.1, 0.15) is 11.1 Å². The van der Waals surface area contributed by atoms with E-state index in [0.717, 1.165) is 23.1 Å². The molecule has 1 aromatic carbocycles. The van der Waals surface area contributed by atoms with Gasteiger partial charge in [0.25, 0.3) is 0 Å². The number of ether oxygens (including phenoxy) is 1. The van der Waals surface area contributed by atoms with E-state index in [2.05, 4.69) is 32.3 Å². The number of methoxy groups -OCH3 is 1. The Kier molecular flexibility index (Phi) is 4.73. The molecule has 4 heteroatoms. The summed E-state index contributed by atoms with van der Waals surface area (Å²) in [5, 5.41) is 3.40. The van der Waals surface area contributed by atoms with Gasteiger partial charge in [0.2, 0.25) is 5.88 Å². The second-order valence-electron chi connectivity index (χ2n) is 3.90. The van der Waals surface area contributed by atoms with Crippen molar-refractivity contribution in [2.45, 2.75) is 13.1 Å². The molecule has 1 aromatic heterocycles. The van der Waals surface area contributed by atoms with E-state index in [9.17, 15) is 0 Å². The summed E-state index contributed by atoms with van der Waals surface area (Å²) in [5.41, 5.74) is 2.41. The van der Waals surface area contributed by atoms with Crippen molar-refractivity contribution in [2.24, 2.45) is 0 Å². The molecule has 3 nitrogen and oxygen atoms in total. The van der Waals surface area contributed by atoms with Gasteiger partial charge in [0.05, 0.1) is 7.11 Å². The Labute approximate surface area is 115 Å². The molecule has 0 aliphatic heterocycles. The summed E-state index contributed by atoms with van der Waals surface area (Å²) in [4.78, 5) is 4.08. The maximum absolute atomic E-state index is 5.09. The maximum Gasteiger partial charge on any atom is 0.213 e. The highest BCUT2D eigenvalue weighted by Crippen LogP contribution is 2.15. The quantitative estimate of drug-likeness (QED) is 0.921. The molecule has 0 spiro atoms. The Hall–Kier alpha value is -1.39. The topological polar surface area (TPSA) is 34.1 Å². The van der Waals surface area contributed by atoms with Gasteiger partial charge >= 0.3 is 0 Å². The lowest BCUT2D eigenvalue weighted by molar-refractivity contribution is 0.397. The number of hydrogen-bond acceptors (Lipinski definition) is 3. The van der Waals surface area contributed by atoms with Gasteiger partial charge in [0, 0.05) is 29.8 Å². The molecule has 0 bridgehead atoms. The predicted octanol–water partition coefficient (Wildman–Crippen LogP) is 3.14. The second kappa shape index (κ2) is 6.52. The first-order valence-electron chi connectivity index (χ1n) is 5.72. The summed E-state index contributed by atoms with van der Waals surface area (Å²) in [6.45, 7) is 1.62.